The molecule has 0 aromatic carbocycles. The van der Waals surface area contributed by atoms with Crippen LogP contribution in [0.2, 0.25) is 0 Å². The van der Waals surface area contributed by atoms with E-state index >= 15 is 0 Å². The number of nitrogens with one attached hydrogen (secondary N) is 1. The number of hydrogen-bond donors (Lipinski definition) is 1. The molecule has 2 rings (SSSR count). The fraction of sp³-hybridized carbons (Fsp3) is 0.600. The van der Waals surface area contributed by atoms with Crippen LogP contribution in [0.15, 0.2) is 15.9 Å². The lowest BCUT2D eigenvalue weighted by atomic mass is 10.1. The molecule has 0 spiro atoms. The molecule has 0 radical (unpaired) electrons. The molecule has 1 N–H and O–H groups in total. The Morgan fingerprint density at radius 3 is 3.07 bits per heavy atom. The highest BCUT2D eigenvalue weighted by atomic mass is 79.9. The van der Waals surface area contributed by atoms with Crippen LogP contribution < -0.4 is 5.32 Å². The van der Waals surface area contributed by atoms with E-state index in [1.54, 1.807) is 11.3 Å². The lowest BCUT2D eigenvalue weighted by molar-refractivity contribution is 0.0816. The van der Waals surface area contributed by atoms with E-state index in [2.05, 4.69) is 32.7 Å². The summed E-state index contributed by atoms with van der Waals surface area (Å²) in [5.41, 5.74) is 0. The SMILES string of the molecule is CNC(c1sccc1Br)C1CCCO1. The van der Waals surface area contributed by atoms with Crippen molar-refractivity contribution >= 4 is 27.3 Å². The second kappa shape index (κ2) is 4.75. The molecule has 14 heavy (non-hydrogen) atoms. The van der Waals surface area contributed by atoms with Gasteiger partial charge < -0.3 is 10.1 Å². The van der Waals surface area contributed by atoms with E-state index in [1.165, 1.54) is 15.8 Å². The number of hydrogen-bond acceptors (Lipinski definition) is 3. The number of ether oxygens (including phenoxy) is 1. The third-order valence-corrected chi connectivity index (χ3v) is 4.53. The third-order valence-electron chi connectivity index (χ3n) is 2.57. The van der Waals surface area contributed by atoms with Crippen LogP contribution in [-0.4, -0.2) is 19.8 Å². The Bertz CT molecular complexity index is 296. The number of halogens is 1. The minimum Gasteiger partial charge on any atom is -0.376 e. The van der Waals surface area contributed by atoms with E-state index in [4.69, 9.17) is 4.74 Å². The van der Waals surface area contributed by atoms with Gasteiger partial charge in [0.15, 0.2) is 0 Å². The molecule has 2 atom stereocenters. The summed E-state index contributed by atoms with van der Waals surface area (Å²) in [5, 5.41) is 5.45. The minimum atomic E-state index is 0.340. The summed E-state index contributed by atoms with van der Waals surface area (Å²) in [6.45, 7) is 0.909. The van der Waals surface area contributed by atoms with Gasteiger partial charge in [0.2, 0.25) is 0 Å². The highest BCUT2D eigenvalue weighted by molar-refractivity contribution is 9.10. The van der Waals surface area contributed by atoms with E-state index < -0.39 is 0 Å². The van der Waals surface area contributed by atoms with Gasteiger partial charge in [-0.1, -0.05) is 0 Å². The Balaban J connectivity index is 2.16. The number of likely N-dealkylation sites (N-methyl/N-ethyl adjacent to an activating group) is 1. The summed E-state index contributed by atoms with van der Waals surface area (Å²) in [5.74, 6) is 0. The molecule has 1 saturated heterocycles. The summed E-state index contributed by atoms with van der Waals surface area (Å²) in [6, 6.07) is 2.44. The van der Waals surface area contributed by atoms with Gasteiger partial charge in [0.1, 0.15) is 0 Å². The lowest BCUT2D eigenvalue weighted by Gasteiger charge is -2.21. The van der Waals surface area contributed by atoms with Gasteiger partial charge >= 0.3 is 0 Å². The van der Waals surface area contributed by atoms with Crippen molar-refractivity contribution in [1.82, 2.24) is 5.32 Å². The van der Waals surface area contributed by atoms with Crippen molar-refractivity contribution in [2.24, 2.45) is 0 Å². The number of rotatable bonds is 3. The summed E-state index contributed by atoms with van der Waals surface area (Å²) in [6.07, 6.45) is 2.69. The van der Waals surface area contributed by atoms with Crippen molar-refractivity contribution in [2.75, 3.05) is 13.7 Å². The van der Waals surface area contributed by atoms with Gasteiger partial charge in [0, 0.05) is 16.0 Å². The lowest BCUT2D eigenvalue weighted by Crippen LogP contribution is -2.28. The first-order valence-corrected chi connectivity index (χ1v) is 6.52. The normalized spacial score (nSPS) is 24.0. The largest absolute Gasteiger partial charge is 0.376 e. The predicted octanol–water partition coefficient (Wildman–Crippen LogP) is 2.95. The van der Waals surface area contributed by atoms with Crippen LogP contribution in [0.3, 0.4) is 0 Å². The van der Waals surface area contributed by atoms with E-state index in [1.807, 2.05) is 7.05 Å². The average Bonchev–Trinajstić information content (AvgIpc) is 2.80. The molecule has 1 aromatic heterocycles. The monoisotopic (exact) mass is 275 g/mol. The first kappa shape index (κ1) is 10.6. The third kappa shape index (κ3) is 2.03. The molecular weight excluding hydrogens is 262 g/mol. The molecule has 4 heteroatoms. The van der Waals surface area contributed by atoms with Gasteiger partial charge in [-0.15, -0.1) is 11.3 Å². The summed E-state index contributed by atoms with van der Waals surface area (Å²) in [7, 11) is 2.00. The first-order valence-electron chi connectivity index (χ1n) is 4.84. The molecule has 2 heterocycles. The van der Waals surface area contributed by atoms with Gasteiger partial charge in [-0.25, -0.2) is 0 Å². The van der Waals surface area contributed by atoms with Crippen LogP contribution in [0.5, 0.6) is 0 Å². The zero-order valence-electron chi connectivity index (χ0n) is 8.13. The van der Waals surface area contributed by atoms with Gasteiger partial charge in [-0.2, -0.15) is 0 Å². The Morgan fingerprint density at radius 2 is 2.57 bits per heavy atom. The highest BCUT2D eigenvalue weighted by Gasteiger charge is 2.28. The zero-order chi connectivity index (χ0) is 9.97. The average molecular weight is 276 g/mol. The molecule has 0 aliphatic carbocycles. The van der Waals surface area contributed by atoms with Crippen molar-refractivity contribution < 1.29 is 4.74 Å². The molecule has 2 nitrogen and oxygen atoms in total. The molecule has 1 aliphatic heterocycles. The van der Waals surface area contributed by atoms with E-state index in [9.17, 15) is 0 Å². The van der Waals surface area contributed by atoms with Crippen LogP contribution in [0, 0.1) is 0 Å². The number of thiophene rings is 1. The minimum absolute atomic E-state index is 0.340. The van der Waals surface area contributed by atoms with Crippen LogP contribution in [-0.2, 0) is 4.74 Å². The molecule has 1 aliphatic rings. The molecule has 0 bridgehead atoms. The van der Waals surface area contributed by atoms with Gasteiger partial charge in [-0.05, 0) is 47.3 Å². The van der Waals surface area contributed by atoms with Crippen molar-refractivity contribution in [3.05, 3.63) is 20.8 Å². The predicted molar refractivity (Wildman–Crippen MR) is 62.8 cm³/mol. The maximum Gasteiger partial charge on any atom is 0.0778 e. The summed E-state index contributed by atoms with van der Waals surface area (Å²) in [4.78, 5) is 1.35. The molecule has 78 valence electrons. The van der Waals surface area contributed by atoms with Crippen molar-refractivity contribution in [3.8, 4) is 0 Å². The second-order valence-corrected chi connectivity index (χ2v) is 5.25. The van der Waals surface area contributed by atoms with Crippen LogP contribution in [0.1, 0.15) is 23.8 Å². The maximum atomic E-state index is 5.71. The van der Waals surface area contributed by atoms with E-state index in [0.717, 1.165) is 13.0 Å². The van der Waals surface area contributed by atoms with Crippen molar-refractivity contribution in [2.45, 2.75) is 25.0 Å². The quantitative estimate of drug-likeness (QED) is 0.916. The Kier molecular flexibility index (Phi) is 3.60. The molecular formula is C10H14BrNOS. The van der Waals surface area contributed by atoms with Crippen LogP contribution in [0.4, 0.5) is 0 Å². The summed E-state index contributed by atoms with van der Waals surface area (Å²) >= 11 is 5.35. The summed E-state index contributed by atoms with van der Waals surface area (Å²) < 4.78 is 6.90. The van der Waals surface area contributed by atoms with E-state index in [0.29, 0.717) is 12.1 Å². The maximum absolute atomic E-state index is 5.71. The smallest absolute Gasteiger partial charge is 0.0778 e. The van der Waals surface area contributed by atoms with Gasteiger partial charge in [0.05, 0.1) is 12.1 Å². The van der Waals surface area contributed by atoms with Gasteiger partial charge in [-0.3, -0.25) is 0 Å². The molecule has 0 amide bonds. The molecule has 1 aromatic rings. The van der Waals surface area contributed by atoms with E-state index in [-0.39, 0.29) is 0 Å². The highest BCUT2D eigenvalue weighted by Crippen LogP contribution is 2.34. The topological polar surface area (TPSA) is 21.3 Å². The van der Waals surface area contributed by atoms with Crippen molar-refractivity contribution in [1.29, 1.82) is 0 Å². The Labute approximate surface area is 96.8 Å². The standard InChI is InChI=1S/C10H14BrNOS/c1-12-9(8-3-2-5-13-8)10-7(11)4-6-14-10/h4,6,8-9,12H,2-3,5H2,1H3. The fourth-order valence-corrected chi connectivity index (χ4v) is 3.66. The molecule has 2 unspecified atom stereocenters. The van der Waals surface area contributed by atoms with Crippen LogP contribution in [0.25, 0.3) is 0 Å². The molecule has 0 saturated carbocycles. The zero-order valence-corrected chi connectivity index (χ0v) is 10.5. The second-order valence-electron chi connectivity index (χ2n) is 3.45. The Morgan fingerprint density at radius 1 is 1.71 bits per heavy atom. The fourth-order valence-electron chi connectivity index (χ4n) is 1.88. The van der Waals surface area contributed by atoms with Crippen LogP contribution >= 0.6 is 27.3 Å². The Hall–Kier alpha value is 0.1000. The first-order chi connectivity index (χ1) is 6.83. The van der Waals surface area contributed by atoms with Gasteiger partial charge in [0.25, 0.3) is 0 Å². The van der Waals surface area contributed by atoms with Crippen molar-refractivity contribution in [3.63, 3.8) is 0 Å². The molecule has 1 fully saturated rings.